The third-order valence-corrected chi connectivity index (χ3v) is 3.69. The number of hydrogen-bond acceptors (Lipinski definition) is 5. The molecule has 0 aliphatic heterocycles. The van der Waals surface area contributed by atoms with E-state index in [9.17, 15) is 23.1 Å². The highest BCUT2D eigenvalue weighted by molar-refractivity contribution is 7.15. The Morgan fingerprint density at radius 1 is 1.30 bits per heavy atom. The van der Waals surface area contributed by atoms with Crippen LogP contribution in [-0.2, 0) is 6.18 Å². The quantitative estimate of drug-likeness (QED) is 0.794. The molecular weight excluding hydrogens is 333 g/mol. The lowest BCUT2D eigenvalue weighted by atomic mass is 10.1. The van der Waals surface area contributed by atoms with Gasteiger partial charge in [-0.3, -0.25) is 5.32 Å². The van der Waals surface area contributed by atoms with Crippen LogP contribution in [0.2, 0.25) is 0 Å². The van der Waals surface area contributed by atoms with Crippen LogP contribution in [0.4, 0.5) is 23.1 Å². The Hall–Kier alpha value is -2.20. The van der Waals surface area contributed by atoms with Crippen LogP contribution in [0.5, 0.6) is 0 Å². The van der Waals surface area contributed by atoms with Gasteiger partial charge in [0.2, 0.25) is 10.1 Å². The Bertz CT molecular complexity index is 673. The molecule has 124 valence electrons. The van der Waals surface area contributed by atoms with Crippen LogP contribution in [0.25, 0.3) is 0 Å². The van der Waals surface area contributed by atoms with Gasteiger partial charge >= 0.3 is 12.2 Å². The summed E-state index contributed by atoms with van der Waals surface area (Å²) >= 11 is 0.219. The molecule has 10 heteroatoms. The second-order valence-electron chi connectivity index (χ2n) is 4.67. The molecule has 0 saturated carbocycles. The number of nitrogens with zero attached hydrogens (tertiary/aromatic N) is 2. The van der Waals surface area contributed by atoms with Crippen molar-refractivity contribution < 1.29 is 23.1 Å². The number of anilines is 1. The largest absolute Gasteiger partial charge is 0.445 e. The molecule has 1 aromatic carbocycles. The van der Waals surface area contributed by atoms with Crippen molar-refractivity contribution in [3.8, 4) is 0 Å². The number of rotatable bonds is 4. The normalized spacial score (nSPS) is 12.7. The number of benzene rings is 1. The third-order valence-electron chi connectivity index (χ3n) is 2.81. The lowest BCUT2D eigenvalue weighted by Crippen LogP contribution is -2.32. The topological polar surface area (TPSA) is 87.1 Å². The van der Waals surface area contributed by atoms with E-state index in [4.69, 9.17) is 0 Å². The molecule has 1 heterocycles. The summed E-state index contributed by atoms with van der Waals surface area (Å²) in [4.78, 5) is 11.6. The van der Waals surface area contributed by atoms with E-state index < -0.39 is 23.3 Å². The van der Waals surface area contributed by atoms with Gasteiger partial charge in [-0.15, -0.1) is 10.2 Å². The molecule has 0 fully saturated rings. The van der Waals surface area contributed by atoms with Crippen LogP contribution in [0.3, 0.4) is 0 Å². The van der Waals surface area contributed by atoms with E-state index in [0.717, 1.165) is 5.56 Å². The third kappa shape index (κ3) is 4.89. The lowest BCUT2D eigenvalue weighted by molar-refractivity contribution is -0.138. The number of carbonyl (C=O) groups is 1. The monoisotopic (exact) mass is 346 g/mol. The molecule has 0 unspecified atom stereocenters. The van der Waals surface area contributed by atoms with Crippen molar-refractivity contribution in [2.24, 2.45) is 0 Å². The first kappa shape index (κ1) is 17.2. The zero-order chi connectivity index (χ0) is 17.0. The molecule has 1 aromatic heterocycles. The number of aryl methyl sites for hydroxylation is 1. The van der Waals surface area contributed by atoms with E-state index >= 15 is 0 Å². The van der Waals surface area contributed by atoms with E-state index in [-0.39, 0.29) is 23.0 Å². The minimum atomic E-state index is -4.60. The smallest absolute Gasteiger partial charge is 0.387 e. The fraction of sp³-hybridized carbons (Fsp3) is 0.308. The molecule has 23 heavy (non-hydrogen) atoms. The van der Waals surface area contributed by atoms with E-state index in [1.165, 1.54) is 0 Å². The number of alkyl halides is 3. The molecule has 2 rings (SSSR count). The number of hydrogen-bond donors (Lipinski definition) is 3. The van der Waals surface area contributed by atoms with Gasteiger partial charge in [0, 0.05) is 6.54 Å². The Labute approximate surface area is 133 Å². The average Bonchev–Trinajstić information content (AvgIpc) is 2.94. The molecule has 1 atom stereocenters. The van der Waals surface area contributed by atoms with Crippen molar-refractivity contribution in [2.75, 3.05) is 11.9 Å². The predicted octanol–water partition coefficient (Wildman–Crippen LogP) is 2.72. The first-order valence-electron chi connectivity index (χ1n) is 6.46. The van der Waals surface area contributed by atoms with E-state index in [0.29, 0.717) is 5.56 Å². The zero-order valence-corrected chi connectivity index (χ0v) is 12.7. The van der Waals surface area contributed by atoms with Crippen LogP contribution in [0, 0.1) is 6.92 Å². The number of urea groups is 1. The fourth-order valence-corrected chi connectivity index (χ4v) is 2.23. The highest BCUT2D eigenvalue weighted by Crippen LogP contribution is 2.32. The maximum absolute atomic E-state index is 12.4. The first-order chi connectivity index (χ1) is 10.8. The van der Waals surface area contributed by atoms with Gasteiger partial charge in [-0.05, 0) is 12.5 Å². The maximum Gasteiger partial charge on any atom is 0.445 e. The molecule has 6 nitrogen and oxygen atoms in total. The molecule has 0 aliphatic carbocycles. The molecule has 0 aliphatic rings. The van der Waals surface area contributed by atoms with Gasteiger partial charge in [0.05, 0.1) is 6.10 Å². The summed E-state index contributed by atoms with van der Waals surface area (Å²) in [6.07, 6.45) is -5.53. The Balaban J connectivity index is 1.85. The predicted molar refractivity (Wildman–Crippen MR) is 78.1 cm³/mol. The van der Waals surface area contributed by atoms with Gasteiger partial charge in [-0.25, -0.2) is 4.79 Å². The average molecular weight is 346 g/mol. The molecule has 3 N–H and O–H groups in total. The molecule has 2 aromatic rings. The van der Waals surface area contributed by atoms with Crippen molar-refractivity contribution in [3.63, 3.8) is 0 Å². The Kier molecular flexibility index (Phi) is 5.16. The number of aromatic nitrogens is 2. The van der Waals surface area contributed by atoms with Crippen molar-refractivity contribution >= 4 is 22.5 Å². The summed E-state index contributed by atoms with van der Waals surface area (Å²) in [5, 5.41) is 19.2. The second kappa shape index (κ2) is 6.92. The summed E-state index contributed by atoms with van der Waals surface area (Å²) in [6.45, 7) is 1.80. The van der Waals surface area contributed by atoms with Crippen LogP contribution in [-0.4, -0.2) is 27.9 Å². The first-order valence-corrected chi connectivity index (χ1v) is 7.27. The van der Waals surface area contributed by atoms with Gasteiger partial charge in [0.15, 0.2) is 0 Å². The summed E-state index contributed by atoms with van der Waals surface area (Å²) in [6, 6.07) is 6.30. The SMILES string of the molecule is Cc1ccc([C@@H](O)CNC(=O)Nc2nnc(C(F)(F)F)s2)cc1. The minimum absolute atomic E-state index is 0.0974. The highest BCUT2D eigenvalue weighted by Gasteiger charge is 2.35. The Morgan fingerprint density at radius 3 is 2.52 bits per heavy atom. The number of amides is 2. The maximum atomic E-state index is 12.4. The number of aliphatic hydroxyl groups excluding tert-OH is 1. The van der Waals surface area contributed by atoms with E-state index in [2.05, 4.69) is 20.8 Å². The van der Waals surface area contributed by atoms with E-state index in [1.807, 2.05) is 19.1 Å². The molecule has 0 bridgehead atoms. The lowest BCUT2D eigenvalue weighted by Gasteiger charge is -2.12. The summed E-state index contributed by atoms with van der Waals surface area (Å²) in [7, 11) is 0. The van der Waals surface area contributed by atoms with Gasteiger partial charge in [0.1, 0.15) is 0 Å². The fourth-order valence-electron chi connectivity index (χ4n) is 1.63. The zero-order valence-electron chi connectivity index (χ0n) is 11.9. The number of nitrogens with one attached hydrogen (secondary N) is 2. The molecule has 0 spiro atoms. The van der Waals surface area contributed by atoms with Gasteiger partial charge in [-0.2, -0.15) is 13.2 Å². The number of carbonyl (C=O) groups excluding carboxylic acids is 1. The molecular formula is C13H13F3N4O2S. The van der Waals surface area contributed by atoms with Crippen LogP contribution in [0.15, 0.2) is 24.3 Å². The van der Waals surface area contributed by atoms with Crippen LogP contribution >= 0.6 is 11.3 Å². The van der Waals surface area contributed by atoms with Gasteiger partial charge in [-0.1, -0.05) is 41.2 Å². The second-order valence-corrected chi connectivity index (χ2v) is 5.65. The molecule has 0 saturated heterocycles. The van der Waals surface area contributed by atoms with Crippen molar-refractivity contribution in [1.82, 2.24) is 15.5 Å². The Morgan fingerprint density at radius 2 is 1.96 bits per heavy atom. The number of halogens is 3. The van der Waals surface area contributed by atoms with Crippen LogP contribution in [0.1, 0.15) is 22.2 Å². The molecule has 0 radical (unpaired) electrons. The highest BCUT2D eigenvalue weighted by atomic mass is 32.1. The minimum Gasteiger partial charge on any atom is -0.387 e. The summed E-state index contributed by atoms with van der Waals surface area (Å²) in [5.41, 5.74) is 1.65. The number of aliphatic hydroxyl groups is 1. The molecule has 2 amide bonds. The van der Waals surface area contributed by atoms with Gasteiger partial charge in [0.25, 0.3) is 0 Å². The van der Waals surface area contributed by atoms with Gasteiger partial charge < -0.3 is 10.4 Å². The standard InChI is InChI=1S/C13H13F3N4O2S/c1-7-2-4-8(5-3-7)9(21)6-17-11(22)18-12-20-19-10(23-12)13(14,15)16/h2-5,9,21H,6H2,1H3,(H2,17,18,20,22)/t9-/m0/s1. The summed E-state index contributed by atoms with van der Waals surface area (Å²) in [5.74, 6) is 0. The summed E-state index contributed by atoms with van der Waals surface area (Å²) < 4.78 is 37.1. The van der Waals surface area contributed by atoms with Crippen LogP contribution < -0.4 is 10.6 Å². The van der Waals surface area contributed by atoms with Crippen molar-refractivity contribution in [3.05, 3.63) is 40.4 Å². The van der Waals surface area contributed by atoms with Crippen molar-refractivity contribution in [2.45, 2.75) is 19.2 Å². The van der Waals surface area contributed by atoms with E-state index in [1.54, 1.807) is 12.1 Å². The van der Waals surface area contributed by atoms with Crippen molar-refractivity contribution in [1.29, 1.82) is 0 Å².